The first kappa shape index (κ1) is 14.9. The van der Waals surface area contributed by atoms with Crippen LogP contribution >= 0.6 is 0 Å². The number of hydrogen-bond donors (Lipinski definition) is 2. The smallest absolute Gasteiger partial charge is 0.307 e. The van der Waals surface area contributed by atoms with Crippen LogP contribution < -0.4 is 5.32 Å². The summed E-state index contributed by atoms with van der Waals surface area (Å²) in [5.74, 6) is -2.30. The summed E-state index contributed by atoms with van der Waals surface area (Å²) in [5, 5.41) is 11.5. The molecule has 1 amide bonds. The number of rotatable bonds is 8. The largest absolute Gasteiger partial charge is 0.481 e. The van der Waals surface area contributed by atoms with Crippen molar-refractivity contribution in [2.24, 2.45) is 11.8 Å². The van der Waals surface area contributed by atoms with Crippen molar-refractivity contribution in [3.63, 3.8) is 0 Å². The van der Waals surface area contributed by atoms with Crippen LogP contribution in [0.3, 0.4) is 0 Å². The van der Waals surface area contributed by atoms with Crippen LogP contribution in [0, 0.1) is 11.8 Å². The Bertz CT molecular complexity index is 230. The molecule has 5 nitrogen and oxygen atoms in total. The summed E-state index contributed by atoms with van der Waals surface area (Å²) in [6.45, 7) is 4.41. The van der Waals surface area contributed by atoms with Gasteiger partial charge in [-0.25, -0.2) is 0 Å². The number of ether oxygens (including phenoxy) is 1. The average Bonchev–Trinajstić information content (AvgIpc) is 2.26. The Morgan fingerprint density at radius 2 is 1.88 bits per heavy atom. The highest BCUT2D eigenvalue weighted by molar-refractivity contribution is 5.84. The van der Waals surface area contributed by atoms with Gasteiger partial charge in [0, 0.05) is 26.2 Å². The summed E-state index contributed by atoms with van der Waals surface area (Å²) in [6, 6.07) is 0. The Kier molecular flexibility index (Phi) is 7.54. The molecule has 94 valence electrons. The predicted octanol–water partition coefficient (Wildman–Crippen LogP) is 0.886. The van der Waals surface area contributed by atoms with Gasteiger partial charge in [0.15, 0.2) is 0 Å². The van der Waals surface area contributed by atoms with E-state index in [0.717, 1.165) is 12.8 Å². The quantitative estimate of drug-likeness (QED) is 0.608. The fourth-order valence-corrected chi connectivity index (χ4v) is 1.18. The lowest BCUT2D eigenvalue weighted by Crippen LogP contribution is -2.35. The Labute approximate surface area is 96.2 Å². The molecule has 2 unspecified atom stereocenters. The number of amides is 1. The molecular formula is C11H21NO4. The maximum Gasteiger partial charge on any atom is 0.307 e. The van der Waals surface area contributed by atoms with Gasteiger partial charge in [0.2, 0.25) is 5.91 Å². The number of unbranched alkanes of at least 4 members (excludes halogenated alkanes) is 1. The van der Waals surface area contributed by atoms with Gasteiger partial charge in [-0.3, -0.25) is 9.59 Å². The van der Waals surface area contributed by atoms with E-state index in [4.69, 9.17) is 9.84 Å². The monoisotopic (exact) mass is 231 g/mol. The van der Waals surface area contributed by atoms with Crippen LogP contribution in [0.5, 0.6) is 0 Å². The second kappa shape index (κ2) is 8.10. The van der Waals surface area contributed by atoms with Crippen molar-refractivity contribution < 1.29 is 19.4 Å². The molecule has 0 aliphatic rings. The van der Waals surface area contributed by atoms with Gasteiger partial charge in [0.1, 0.15) is 0 Å². The van der Waals surface area contributed by atoms with E-state index in [1.165, 1.54) is 6.92 Å². The highest BCUT2D eigenvalue weighted by Crippen LogP contribution is 2.10. The molecule has 0 aliphatic carbocycles. The van der Waals surface area contributed by atoms with Crippen LogP contribution in [-0.2, 0) is 14.3 Å². The van der Waals surface area contributed by atoms with E-state index < -0.39 is 17.8 Å². The molecule has 0 saturated heterocycles. The maximum atomic E-state index is 11.5. The predicted molar refractivity (Wildman–Crippen MR) is 60.1 cm³/mol. The topological polar surface area (TPSA) is 75.6 Å². The van der Waals surface area contributed by atoms with Gasteiger partial charge in [-0.05, 0) is 12.8 Å². The number of carbonyl (C=O) groups is 2. The first-order valence-corrected chi connectivity index (χ1v) is 5.50. The van der Waals surface area contributed by atoms with Crippen LogP contribution in [0.2, 0.25) is 0 Å². The summed E-state index contributed by atoms with van der Waals surface area (Å²) in [5.41, 5.74) is 0. The lowest BCUT2D eigenvalue weighted by atomic mass is 9.95. The molecule has 0 heterocycles. The van der Waals surface area contributed by atoms with E-state index in [9.17, 15) is 9.59 Å². The van der Waals surface area contributed by atoms with Crippen LogP contribution in [-0.4, -0.2) is 37.2 Å². The zero-order chi connectivity index (χ0) is 12.6. The second-order valence-corrected chi connectivity index (χ2v) is 3.91. The molecule has 2 atom stereocenters. The third kappa shape index (κ3) is 5.70. The van der Waals surface area contributed by atoms with Crippen LogP contribution in [0.4, 0.5) is 0 Å². The van der Waals surface area contributed by atoms with Crippen molar-refractivity contribution in [2.75, 3.05) is 20.3 Å². The minimum Gasteiger partial charge on any atom is -0.481 e. The highest BCUT2D eigenvalue weighted by atomic mass is 16.5. The first-order valence-electron chi connectivity index (χ1n) is 5.50. The molecule has 0 aromatic heterocycles. The fraction of sp³-hybridized carbons (Fsp3) is 0.818. The van der Waals surface area contributed by atoms with Gasteiger partial charge in [-0.2, -0.15) is 0 Å². The second-order valence-electron chi connectivity index (χ2n) is 3.91. The number of nitrogens with one attached hydrogen (secondary N) is 1. The van der Waals surface area contributed by atoms with E-state index in [0.29, 0.717) is 13.2 Å². The van der Waals surface area contributed by atoms with Crippen LogP contribution in [0.15, 0.2) is 0 Å². The molecule has 16 heavy (non-hydrogen) atoms. The van der Waals surface area contributed by atoms with Crippen molar-refractivity contribution in [3.8, 4) is 0 Å². The SMILES string of the molecule is COCCCCNC(=O)C(C)C(C)C(=O)O. The lowest BCUT2D eigenvalue weighted by molar-refractivity contribution is -0.146. The third-order valence-corrected chi connectivity index (χ3v) is 2.63. The standard InChI is InChI=1S/C11H21NO4/c1-8(9(2)11(14)15)10(13)12-6-4-5-7-16-3/h8-9H,4-7H2,1-3H3,(H,12,13)(H,14,15). The number of carboxylic acids is 1. The summed E-state index contributed by atoms with van der Waals surface area (Å²) >= 11 is 0. The number of aliphatic carboxylic acids is 1. The van der Waals surface area contributed by atoms with E-state index in [1.54, 1.807) is 14.0 Å². The van der Waals surface area contributed by atoms with Gasteiger partial charge in [-0.15, -0.1) is 0 Å². The Morgan fingerprint density at radius 1 is 1.25 bits per heavy atom. The van der Waals surface area contributed by atoms with E-state index in [2.05, 4.69) is 5.32 Å². The maximum absolute atomic E-state index is 11.5. The van der Waals surface area contributed by atoms with Crippen molar-refractivity contribution >= 4 is 11.9 Å². The minimum absolute atomic E-state index is 0.202. The van der Waals surface area contributed by atoms with E-state index >= 15 is 0 Å². The molecule has 0 aromatic carbocycles. The molecule has 0 saturated carbocycles. The Hall–Kier alpha value is -1.10. The summed E-state index contributed by atoms with van der Waals surface area (Å²) in [7, 11) is 1.63. The molecule has 0 radical (unpaired) electrons. The van der Waals surface area contributed by atoms with Crippen LogP contribution in [0.1, 0.15) is 26.7 Å². The molecule has 0 fully saturated rings. The average molecular weight is 231 g/mol. The van der Waals surface area contributed by atoms with Crippen molar-refractivity contribution in [1.29, 1.82) is 0 Å². The zero-order valence-electron chi connectivity index (χ0n) is 10.2. The third-order valence-electron chi connectivity index (χ3n) is 2.63. The molecule has 0 spiro atoms. The minimum atomic E-state index is -0.943. The van der Waals surface area contributed by atoms with Crippen molar-refractivity contribution in [1.82, 2.24) is 5.32 Å². The normalized spacial score (nSPS) is 14.2. The summed E-state index contributed by atoms with van der Waals surface area (Å²) < 4.78 is 4.88. The number of methoxy groups -OCH3 is 1. The van der Waals surface area contributed by atoms with Crippen LogP contribution in [0.25, 0.3) is 0 Å². The van der Waals surface area contributed by atoms with Gasteiger partial charge < -0.3 is 15.2 Å². The van der Waals surface area contributed by atoms with E-state index in [1.807, 2.05) is 0 Å². The first-order chi connectivity index (χ1) is 7.50. The molecule has 5 heteroatoms. The lowest BCUT2D eigenvalue weighted by Gasteiger charge is -2.15. The Morgan fingerprint density at radius 3 is 2.38 bits per heavy atom. The van der Waals surface area contributed by atoms with Gasteiger partial charge in [0.05, 0.1) is 5.92 Å². The Balaban J connectivity index is 3.75. The summed E-state index contributed by atoms with van der Waals surface area (Å²) in [6.07, 6.45) is 1.73. The van der Waals surface area contributed by atoms with E-state index in [-0.39, 0.29) is 5.91 Å². The number of carbonyl (C=O) groups excluding carboxylic acids is 1. The molecule has 2 N–H and O–H groups in total. The molecule has 0 aromatic rings. The highest BCUT2D eigenvalue weighted by Gasteiger charge is 2.25. The molecular weight excluding hydrogens is 210 g/mol. The molecule has 0 rings (SSSR count). The molecule has 0 bridgehead atoms. The molecule has 0 aliphatic heterocycles. The summed E-state index contributed by atoms with van der Waals surface area (Å²) in [4.78, 5) is 22.2. The van der Waals surface area contributed by atoms with Gasteiger partial charge >= 0.3 is 5.97 Å². The van der Waals surface area contributed by atoms with Gasteiger partial charge in [-0.1, -0.05) is 13.8 Å². The zero-order valence-corrected chi connectivity index (χ0v) is 10.2. The number of carboxylic acid groups (broad SMARTS) is 1. The number of hydrogen-bond acceptors (Lipinski definition) is 3. The van der Waals surface area contributed by atoms with Crippen molar-refractivity contribution in [3.05, 3.63) is 0 Å². The van der Waals surface area contributed by atoms with Crippen molar-refractivity contribution in [2.45, 2.75) is 26.7 Å². The van der Waals surface area contributed by atoms with Gasteiger partial charge in [0.25, 0.3) is 0 Å². The fourth-order valence-electron chi connectivity index (χ4n) is 1.18.